The first-order chi connectivity index (χ1) is 12.9. The zero-order chi connectivity index (χ0) is 19.9. The Balaban J connectivity index is 2.16. The Kier molecular flexibility index (Phi) is 6.82. The average Bonchev–Trinajstić information content (AvgIpc) is 2.63. The van der Waals surface area contributed by atoms with Crippen molar-refractivity contribution >= 4 is 11.9 Å². The monoisotopic (exact) mass is 371 g/mol. The lowest BCUT2D eigenvalue weighted by atomic mass is 9.88. The van der Waals surface area contributed by atoms with Gasteiger partial charge in [0, 0.05) is 0 Å². The minimum atomic E-state index is -1.05. The van der Waals surface area contributed by atoms with Crippen LogP contribution in [0.4, 0.5) is 0 Å². The van der Waals surface area contributed by atoms with Gasteiger partial charge in [-0.05, 0) is 49.2 Å². The zero-order valence-electron chi connectivity index (χ0n) is 15.8. The van der Waals surface area contributed by atoms with Gasteiger partial charge in [0.2, 0.25) is 5.91 Å². The van der Waals surface area contributed by atoms with E-state index in [1.807, 2.05) is 31.2 Å². The van der Waals surface area contributed by atoms with Gasteiger partial charge < -0.3 is 19.9 Å². The summed E-state index contributed by atoms with van der Waals surface area (Å²) in [6.07, 6.45) is -0.0965. The van der Waals surface area contributed by atoms with Crippen molar-refractivity contribution in [1.29, 1.82) is 0 Å². The molecule has 27 heavy (non-hydrogen) atoms. The first-order valence-corrected chi connectivity index (χ1v) is 8.75. The van der Waals surface area contributed by atoms with Gasteiger partial charge in [-0.3, -0.25) is 9.59 Å². The number of carboxylic acids is 1. The highest BCUT2D eigenvalue weighted by Gasteiger charge is 2.31. The summed E-state index contributed by atoms with van der Waals surface area (Å²) in [4.78, 5) is 24.0. The van der Waals surface area contributed by atoms with Crippen molar-refractivity contribution in [3.8, 4) is 11.5 Å². The van der Waals surface area contributed by atoms with E-state index in [0.29, 0.717) is 17.9 Å². The molecule has 0 aliphatic carbocycles. The second-order valence-corrected chi connectivity index (χ2v) is 6.44. The molecular formula is C21H25NO5. The van der Waals surface area contributed by atoms with Crippen molar-refractivity contribution in [2.75, 3.05) is 13.7 Å². The molecular weight excluding hydrogens is 346 g/mol. The highest BCUT2D eigenvalue weighted by molar-refractivity contribution is 5.81. The SMILES string of the molecule is CCOc1ccc(CC(=O)NC(C)(CC(=O)O)c2cccc(OC)c2)cc1. The number of methoxy groups -OCH3 is 1. The van der Waals surface area contributed by atoms with Gasteiger partial charge in [0.05, 0.1) is 32.1 Å². The van der Waals surface area contributed by atoms with Gasteiger partial charge in [-0.2, -0.15) is 0 Å². The normalized spacial score (nSPS) is 12.7. The third-order valence-electron chi connectivity index (χ3n) is 4.23. The maximum atomic E-state index is 12.6. The van der Waals surface area contributed by atoms with Crippen LogP contribution in [0.1, 0.15) is 31.4 Å². The van der Waals surface area contributed by atoms with Crippen LogP contribution in [0, 0.1) is 0 Å². The lowest BCUT2D eigenvalue weighted by molar-refractivity contribution is -0.139. The molecule has 0 saturated heterocycles. The number of carbonyl (C=O) groups is 2. The Morgan fingerprint density at radius 3 is 2.41 bits per heavy atom. The first kappa shape index (κ1) is 20.3. The minimum absolute atomic E-state index is 0.144. The van der Waals surface area contributed by atoms with E-state index in [4.69, 9.17) is 9.47 Å². The first-order valence-electron chi connectivity index (χ1n) is 8.75. The number of carbonyl (C=O) groups excluding carboxylic acids is 1. The predicted octanol–water partition coefficient (Wildman–Crippen LogP) is 3.14. The molecule has 6 heteroatoms. The topological polar surface area (TPSA) is 84.9 Å². The number of amides is 1. The van der Waals surface area contributed by atoms with E-state index >= 15 is 0 Å². The highest BCUT2D eigenvalue weighted by Crippen LogP contribution is 2.28. The lowest BCUT2D eigenvalue weighted by Gasteiger charge is -2.30. The summed E-state index contributed by atoms with van der Waals surface area (Å²) in [6.45, 7) is 4.18. The molecule has 2 aromatic rings. The molecule has 1 amide bonds. The molecule has 0 fully saturated rings. The number of benzene rings is 2. The van der Waals surface area contributed by atoms with E-state index in [1.165, 1.54) is 7.11 Å². The third-order valence-corrected chi connectivity index (χ3v) is 4.23. The predicted molar refractivity (Wildman–Crippen MR) is 102 cm³/mol. The fourth-order valence-electron chi connectivity index (χ4n) is 2.89. The van der Waals surface area contributed by atoms with E-state index < -0.39 is 11.5 Å². The van der Waals surface area contributed by atoms with Crippen LogP contribution in [-0.2, 0) is 21.5 Å². The molecule has 1 unspecified atom stereocenters. The molecule has 0 radical (unpaired) electrons. The standard InChI is InChI=1S/C21H25NO5/c1-4-27-17-10-8-15(9-11-17)12-19(23)22-21(2,14-20(24)25)16-6-5-7-18(13-16)26-3/h5-11,13H,4,12,14H2,1-3H3,(H,22,23)(H,24,25). The van der Waals surface area contributed by atoms with Crippen molar-refractivity contribution in [3.05, 3.63) is 59.7 Å². The summed E-state index contributed by atoms with van der Waals surface area (Å²) in [5.74, 6) is 0.0889. The largest absolute Gasteiger partial charge is 0.497 e. The van der Waals surface area contributed by atoms with E-state index in [0.717, 1.165) is 11.3 Å². The van der Waals surface area contributed by atoms with Crippen LogP contribution in [0.2, 0.25) is 0 Å². The van der Waals surface area contributed by atoms with E-state index in [2.05, 4.69) is 5.32 Å². The van der Waals surface area contributed by atoms with Crippen molar-refractivity contribution < 1.29 is 24.2 Å². The van der Waals surface area contributed by atoms with Crippen LogP contribution in [0.15, 0.2) is 48.5 Å². The van der Waals surface area contributed by atoms with Gasteiger partial charge in [-0.1, -0.05) is 24.3 Å². The van der Waals surface area contributed by atoms with Gasteiger partial charge >= 0.3 is 5.97 Å². The average molecular weight is 371 g/mol. The van der Waals surface area contributed by atoms with Crippen molar-refractivity contribution in [1.82, 2.24) is 5.32 Å². The lowest BCUT2D eigenvalue weighted by Crippen LogP contribution is -2.45. The number of nitrogens with one attached hydrogen (secondary N) is 1. The number of hydrogen-bond donors (Lipinski definition) is 2. The van der Waals surface area contributed by atoms with Crippen molar-refractivity contribution in [3.63, 3.8) is 0 Å². The molecule has 1 atom stereocenters. The summed E-state index contributed by atoms with van der Waals surface area (Å²) < 4.78 is 10.6. The van der Waals surface area contributed by atoms with Crippen molar-refractivity contribution in [2.45, 2.75) is 32.2 Å². The van der Waals surface area contributed by atoms with Crippen LogP contribution in [0.5, 0.6) is 11.5 Å². The summed E-state index contributed by atoms with van der Waals surface area (Å²) in [5.41, 5.74) is 0.437. The summed E-state index contributed by atoms with van der Waals surface area (Å²) in [7, 11) is 1.54. The quantitative estimate of drug-likeness (QED) is 0.707. The Morgan fingerprint density at radius 1 is 1.11 bits per heavy atom. The minimum Gasteiger partial charge on any atom is -0.497 e. The number of aliphatic carboxylic acids is 1. The summed E-state index contributed by atoms with van der Waals surface area (Å²) in [5, 5.41) is 12.2. The zero-order valence-corrected chi connectivity index (χ0v) is 15.8. The third kappa shape index (κ3) is 5.74. The smallest absolute Gasteiger partial charge is 0.306 e. The summed E-state index contributed by atoms with van der Waals surface area (Å²) in [6, 6.07) is 14.3. The molecule has 144 valence electrons. The Hall–Kier alpha value is -3.02. The molecule has 0 aliphatic rings. The molecule has 2 aromatic carbocycles. The van der Waals surface area contributed by atoms with Crippen LogP contribution in [-0.4, -0.2) is 30.7 Å². The molecule has 0 bridgehead atoms. The van der Waals surface area contributed by atoms with Crippen molar-refractivity contribution in [2.24, 2.45) is 0 Å². The molecule has 0 heterocycles. The fraction of sp³-hybridized carbons (Fsp3) is 0.333. The van der Waals surface area contributed by atoms with Crippen LogP contribution in [0.3, 0.4) is 0 Å². The van der Waals surface area contributed by atoms with E-state index in [1.54, 1.807) is 31.2 Å². The molecule has 0 aromatic heterocycles. The van der Waals surface area contributed by atoms with E-state index in [9.17, 15) is 14.7 Å². The van der Waals surface area contributed by atoms with E-state index in [-0.39, 0.29) is 18.7 Å². The fourth-order valence-corrected chi connectivity index (χ4v) is 2.89. The van der Waals surface area contributed by atoms with Gasteiger partial charge in [-0.15, -0.1) is 0 Å². The van der Waals surface area contributed by atoms with Crippen LogP contribution >= 0.6 is 0 Å². The maximum Gasteiger partial charge on any atom is 0.306 e. The van der Waals surface area contributed by atoms with Crippen LogP contribution < -0.4 is 14.8 Å². The number of hydrogen-bond acceptors (Lipinski definition) is 4. The molecule has 0 saturated carbocycles. The molecule has 0 aliphatic heterocycles. The molecule has 6 nitrogen and oxygen atoms in total. The highest BCUT2D eigenvalue weighted by atomic mass is 16.5. The number of rotatable bonds is 9. The second kappa shape index (κ2) is 9.07. The Labute approximate surface area is 159 Å². The number of ether oxygens (including phenoxy) is 2. The molecule has 2 N–H and O–H groups in total. The maximum absolute atomic E-state index is 12.6. The van der Waals surface area contributed by atoms with Gasteiger partial charge in [0.1, 0.15) is 11.5 Å². The van der Waals surface area contributed by atoms with Crippen LogP contribution in [0.25, 0.3) is 0 Å². The van der Waals surface area contributed by atoms with Gasteiger partial charge in [0.15, 0.2) is 0 Å². The van der Waals surface area contributed by atoms with Gasteiger partial charge in [-0.25, -0.2) is 0 Å². The molecule has 2 rings (SSSR count). The second-order valence-electron chi connectivity index (χ2n) is 6.44. The number of carboxylic acid groups (broad SMARTS) is 1. The Bertz CT molecular complexity index is 787. The van der Waals surface area contributed by atoms with Gasteiger partial charge in [0.25, 0.3) is 0 Å². The molecule has 0 spiro atoms. The summed E-state index contributed by atoms with van der Waals surface area (Å²) >= 11 is 0. The Morgan fingerprint density at radius 2 is 1.81 bits per heavy atom.